The van der Waals surface area contributed by atoms with Crippen LogP contribution in [0.1, 0.15) is 26.3 Å². The van der Waals surface area contributed by atoms with Crippen molar-refractivity contribution in [2.75, 3.05) is 10.6 Å². The number of hydrogen-bond acceptors (Lipinski definition) is 3. The van der Waals surface area contributed by atoms with E-state index in [0.717, 1.165) is 11.4 Å². The minimum Gasteiger partial charge on any atom is -0.354 e. The first-order valence-corrected chi connectivity index (χ1v) is 6.96. The molecule has 0 aliphatic rings. The summed E-state index contributed by atoms with van der Waals surface area (Å²) >= 11 is 0. The molecule has 0 radical (unpaired) electrons. The predicted molar refractivity (Wildman–Crippen MR) is 86.8 cm³/mol. The van der Waals surface area contributed by atoms with Crippen molar-refractivity contribution in [2.45, 2.75) is 27.7 Å². The largest absolute Gasteiger partial charge is 0.354 e. The van der Waals surface area contributed by atoms with Crippen LogP contribution >= 0.6 is 0 Å². The molecule has 2 rings (SSSR count). The molecule has 1 aromatic heterocycles. The van der Waals surface area contributed by atoms with Gasteiger partial charge in [-0.15, -0.1) is 0 Å². The van der Waals surface area contributed by atoms with Gasteiger partial charge in [0.25, 0.3) is 0 Å². The van der Waals surface area contributed by atoms with Crippen molar-refractivity contribution < 1.29 is 4.79 Å². The highest BCUT2D eigenvalue weighted by atomic mass is 16.2. The van der Waals surface area contributed by atoms with Crippen LogP contribution in [0.5, 0.6) is 0 Å². The molecule has 0 saturated carbocycles. The number of anilines is 3. The molecule has 0 atom stereocenters. The van der Waals surface area contributed by atoms with E-state index < -0.39 is 5.41 Å². The van der Waals surface area contributed by atoms with Gasteiger partial charge in [-0.1, -0.05) is 32.9 Å². The summed E-state index contributed by atoms with van der Waals surface area (Å²) in [6.45, 7) is 7.66. The zero-order valence-electron chi connectivity index (χ0n) is 12.9. The van der Waals surface area contributed by atoms with Crippen LogP contribution in [-0.4, -0.2) is 10.9 Å². The minimum absolute atomic E-state index is 0.0469. The first kappa shape index (κ1) is 15.0. The van der Waals surface area contributed by atoms with Gasteiger partial charge < -0.3 is 10.6 Å². The van der Waals surface area contributed by atoms with Crippen molar-refractivity contribution >= 4 is 23.1 Å². The van der Waals surface area contributed by atoms with Crippen molar-refractivity contribution in [2.24, 2.45) is 5.41 Å². The number of aromatic nitrogens is 1. The maximum absolute atomic E-state index is 11.9. The molecule has 0 spiro atoms. The second-order valence-corrected chi connectivity index (χ2v) is 6.13. The molecule has 1 amide bonds. The fourth-order valence-corrected chi connectivity index (χ4v) is 1.74. The lowest BCUT2D eigenvalue weighted by atomic mass is 9.96. The molecule has 4 nitrogen and oxygen atoms in total. The van der Waals surface area contributed by atoms with Crippen molar-refractivity contribution in [3.8, 4) is 0 Å². The van der Waals surface area contributed by atoms with Crippen molar-refractivity contribution in [1.29, 1.82) is 0 Å². The lowest BCUT2D eigenvalue weighted by Gasteiger charge is -2.17. The molecule has 2 aromatic rings. The molecule has 1 aromatic carbocycles. The Morgan fingerprint density at radius 1 is 1.10 bits per heavy atom. The highest BCUT2D eigenvalue weighted by molar-refractivity contribution is 5.93. The number of carbonyl (C=O) groups excluding carboxylic acids is 1. The van der Waals surface area contributed by atoms with Gasteiger partial charge in [0.05, 0.1) is 11.9 Å². The maximum Gasteiger partial charge on any atom is 0.230 e. The number of pyridine rings is 1. The third-order valence-corrected chi connectivity index (χ3v) is 2.99. The van der Waals surface area contributed by atoms with Crippen molar-refractivity contribution in [3.63, 3.8) is 0 Å². The Bertz CT molecular complexity index is 627. The highest BCUT2D eigenvalue weighted by Gasteiger charge is 2.21. The van der Waals surface area contributed by atoms with Gasteiger partial charge in [0.1, 0.15) is 5.82 Å². The Morgan fingerprint density at radius 3 is 2.43 bits per heavy atom. The van der Waals surface area contributed by atoms with E-state index in [1.54, 1.807) is 12.3 Å². The van der Waals surface area contributed by atoms with Crippen LogP contribution in [0.3, 0.4) is 0 Å². The molecule has 0 saturated heterocycles. The van der Waals surface area contributed by atoms with Crippen LogP contribution in [0.25, 0.3) is 0 Å². The molecule has 0 aliphatic heterocycles. The topological polar surface area (TPSA) is 54.0 Å². The first-order chi connectivity index (χ1) is 9.84. The van der Waals surface area contributed by atoms with E-state index in [2.05, 4.69) is 34.7 Å². The number of rotatable bonds is 3. The normalized spacial score (nSPS) is 11.0. The van der Waals surface area contributed by atoms with Gasteiger partial charge in [-0.3, -0.25) is 4.79 Å². The monoisotopic (exact) mass is 283 g/mol. The molecule has 21 heavy (non-hydrogen) atoms. The third kappa shape index (κ3) is 4.31. The van der Waals surface area contributed by atoms with Gasteiger partial charge in [0.2, 0.25) is 5.91 Å². The fourth-order valence-electron chi connectivity index (χ4n) is 1.74. The van der Waals surface area contributed by atoms with Gasteiger partial charge in [-0.05, 0) is 36.8 Å². The number of hydrogen-bond donors (Lipinski definition) is 2. The summed E-state index contributed by atoms with van der Waals surface area (Å²) in [5.74, 6) is 0.513. The molecule has 0 aliphatic carbocycles. The molecule has 1 heterocycles. The van der Waals surface area contributed by atoms with Gasteiger partial charge in [-0.25, -0.2) is 4.98 Å². The Hall–Kier alpha value is -2.36. The average molecular weight is 283 g/mol. The molecular formula is C17H21N3O. The Morgan fingerprint density at radius 2 is 1.86 bits per heavy atom. The second kappa shape index (κ2) is 5.95. The summed E-state index contributed by atoms with van der Waals surface area (Å²) in [6, 6.07) is 11.8. The lowest BCUT2D eigenvalue weighted by molar-refractivity contribution is -0.123. The summed E-state index contributed by atoms with van der Waals surface area (Å²) < 4.78 is 0. The predicted octanol–water partition coefficient (Wildman–Crippen LogP) is 4.12. The van der Waals surface area contributed by atoms with Crippen molar-refractivity contribution in [1.82, 2.24) is 4.98 Å². The van der Waals surface area contributed by atoms with Crippen molar-refractivity contribution in [3.05, 3.63) is 48.2 Å². The molecule has 0 fully saturated rings. The number of benzene rings is 1. The van der Waals surface area contributed by atoms with Gasteiger partial charge in [0, 0.05) is 11.1 Å². The molecule has 0 unspecified atom stereocenters. The van der Waals surface area contributed by atoms with Crippen LogP contribution in [0.4, 0.5) is 17.2 Å². The number of nitrogens with one attached hydrogen (secondary N) is 2. The van der Waals surface area contributed by atoms with Crippen LogP contribution in [0.15, 0.2) is 42.6 Å². The van der Waals surface area contributed by atoms with E-state index in [9.17, 15) is 4.79 Å². The Kier molecular flexibility index (Phi) is 4.26. The summed E-state index contributed by atoms with van der Waals surface area (Å²) in [4.78, 5) is 16.1. The summed E-state index contributed by atoms with van der Waals surface area (Å²) in [5.41, 5.74) is 2.67. The Labute approximate surface area is 125 Å². The van der Waals surface area contributed by atoms with E-state index >= 15 is 0 Å². The molecule has 2 N–H and O–H groups in total. The highest BCUT2D eigenvalue weighted by Crippen LogP contribution is 2.19. The second-order valence-electron chi connectivity index (χ2n) is 6.13. The van der Waals surface area contributed by atoms with E-state index in [-0.39, 0.29) is 5.91 Å². The van der Waals surface area contributed by atoms with Crippen LogP contribution in [-0.2, 0) is 4.79 Å². The smallest absolute Gasteiger partial charge is 0.230 e. The standard InChI is InChI=1S/C17H21N3O/c1-12-6-5-7-13(10-12)19-14-8-9-15(18-11-14)20-16(21)17(2,3)4/h5-11,19H,1-4H3,(H,18,20,21). The number of amides is 1. The Balaban J connectivity index is 2.04. The zero-order valence-corrected chi connectivity index (χ0v) is 12.9. The third-order valence-electron chi connectivity index (χ3n) is 2.99. The molecule has 110 valence electrons. The fraction of sp³-hybridized carbons (Fsp3) is 0.294. The van der Waals surface area contributed by atoms with Crippen LogP contribution < -0.4 is 10.6 Å². The van der Waals surface area contributed by atoms with Crippen LogP contribution in [0, 0.1) is 12.3 Å². The number of aryl methyl sites for hydroxylation is 1. The zero-order chi connectivity index (χ0) is 15.5. The number of carbonyl (C=O) groups is 1. The van der Waals surface area contributed by atoms with Gasteiger partial charge in [0.15, 0.2) is 0 Å². The molecular weight excluding hydrogens is 262 g/mol. The summed E-state index contributed by atoms with van der Waals surface area (Å²) in [6.07, 6.45) is 1.71. The summed E-state index contributed by atoms with van der Waals surface area (Å²) in [7, 11) is 0. The summed E-state index contributed by atoms with van der Waals surface area (Å²) in [5, 5.41) is 6.08. The van der Waals surface area contributed by atoms with Gasteiger partial charge >= 0.3 is 0 Å². The van der Waals surface area contributed by atoms with E-state index in [1.807, 2.05) is 39.0 Å². The molecule has 4 heteroatoms. The molecule has 0 bridgehead atoms. The van der Waals surface area contributed by atoms with E-state index in [1.165, 1.54) is 5.56 Å². The number of nitrogens with zero attached hydrogens (tertiary/aromatic N) is 1. The minimum atomic E-state index is -0.430. The quantitative estimate of drug-likeness (QED) is 0.891. The first-order valence-electron chi connectivity index (χ1n) is 6.96. The van der Waals surface area contributed by atoms with E-state index in [4.69, 9.17) is 0 Å². The van der Waals surface area contributed by atoms with Gasteiger partial charge in [-0.2, -0.15) is 0 Å². The SMILES string of the molecule is Cc1cccc(Nc2ccc(NC(=O)C(C)(C)C)nc2)c1. The van der Waals surface area contributed by atoms with E-state index in [0.29, 0.717) is 5.82 Å². The lowest BCUT2D eigenvalue weighted by Crippen LogP contribution is -2.27. The average Bonchev–Trinajstić information content (AvgIpc) is 2.40. The maximum atomic E-state index is 11.9. The van der Waals surface area contributed by atoms with Crippen LogP contribution in [0.2, 0.25) is 0 Å².